The third-order valence-electron chi connectivity index (χ3n) is 3.79. The van der Waals surface area contributed by atoms with E-state index in [0.29, 0.717) is 12.6 Å². The van der Waals surface area contributed by atoms with Crippen LogP contribution in [0, 0.1) is 0 Å². The number of hydrogen-bond acceptors (Lipinski definition) is 3. The Hall–Kier alpha value is -1.39. The number of hydrogen-bond donors (Lipinski definition) is 1. The number of aromatic nitrogens is 2. The summed E-state index contributed by atoms with van der Waals surface area (Å²) in [5.41, 5.74) is 9.18. The van der Waals surface area contributed by atoms with Crippen LogP contribution in [0.5, 0.6) is 0 Å². The van der Waals surface area contributed by atoms with Crippen LogP contribution < -0.4 is 5.73 Å². The Kier molecular flexibility index (Phi) is 4.03. The van der Waals surface area contributed by atoms with E-state index in [1.807, 2.05) is 0 Å². The first kappa shape index (κ1) is 13.6. The first-order valence-electron chi connectivity index (χ1n) is 7.61. The third-order valence-corrected chi connectivity index (χ3v) is 3.79. The van der Waals surface area contributed by atoms with Crippen LogP contribution in [0.2, 0.25) is 0 Å². The lowest BCUT2D eigenvalue weighted by molar-refractivity contribution is 0.136. The maximum Gasteiger partial charge on any atom is 0.112 e. The molecule has 20 heavy (non-hydrogen) atoms. The van der Waals surface area contributed by atoms with E-state index in [1.54, 1.807) is 0 Å². The Labute approximate surface area is 119 Å². The van der Waals surface area contributed by atoms with E-state index in [-0.39, 0.29) is 0 Å². The van der Waals surface area contributed by atoms with Crippen LogP contribution in [0.1, 0.15) is 43.6 Å². The van der Waals surface area contributed by atoms with E-state index in [9.17, 15) is 0 Å². The SMILES string of the molecule is CCCOCCc1nc2cc(CN)ccc2n1C1CC1. The Balaban J connectivity index is 1.87. The molecular weight excluding hydrogens is 250 g/mol. The van der Waals surface area contributed by atoms with Crippen molar-refractivity contribution in [3.05, 3.63) is 29.6 Å². The molecule has 1 fully saturated rings. The molecule has 108 valence electrons. The van der Waals surface area contributed by atoms with E-state index in [0.717, 1.165) is 43.0 Å². The summed E-state index contributed by atoms with van der Waals surface area (Å²) in [6, 6.07) is 7.04. The number of ether oxygens (including phenoxy) is 1. The molecule has 0 atom stereocenters. The Bertz CT molecular complexity index is 587. The summed E-state index contributed by atoms with van der Waals surface area (Å²) in [7, 11) is 0. The van der Waals surface area contributed by atoms with Crippen molar-refractivity contribution in [3.63, 3.8) is 0 Å². The molecule has 1 heterocycles. The van der Waals surface area contributed by atoms with Crippen LogP contribution >= 0.6 is 0 Å². The van der Waals surface area contributed by atoms with Gasteiger partial charge >= 0.3 is 0 Å². The summed E-state index contributed by atoms with van der Waals surface area (Å²) in [6.45, 7) is 4.30. The fourth-order valence-corrected chi connectivity index (χ4v) is 2.65. The smallest absolute Gasteiger partial charge is 0.112 e. The van der Waals surface area contributed by atoms with Gasteiger partial charge in [-0.1, -0.05) is 13.0 Å². The molecule has 1 saturated carbocycles. The van der Waals surface area contributed by atoms with E-state index in [1.165, 1.54) is 18.4 Å². The highest BCUT2D eigenvalue weighted by molar-refractivity contribution is 5.77. The van der Waals surface area contributed by atoms with Gasteiger partial charge in [0.15, 0.2) is 0 Å². The second-order valence-electron chi connectivity index (χ2n) is 5.52. The number of fused-ring (bicyclic) bond motifs is 1. The zero-order valence-corrected chi connectivity index (χ0v) is 12.1. The van der Waals surface area contributed by atoms with Crippen molar-refractivity contribution in [3.8, 4) is 0 Å². The van der Waals surface area contributed by atoms with Crippen LogP contribution in [-0.2, 0) is 17.7 Å². The van der Waals surface area contributed by atoms with Crippen LogP contribution in [-0.4, -0.2) is 22.8 Å². The van der Waals surface area contributed by atoms with Gasteiger partial charge in [-0.25, -0.2) is 4.98 Å². The predicted octanol–water partition coefficient (Wildman–Crippen LogP) is 2.80. The maximum atomic E-state index is 5.72. The fraction of sp³-hybridized carbons (Fsp3) is 0.562. The lowest BCUT2D eigenvalue weighted by Crippen LogP contribution is -2.06. The van der Waals surface area contributed by atoms with Gasteiger partial charge in [0.2, 0.25) is 0 Å². The topological polar surface area (TPSA) is 53.1 Å². The number of nitrogens with two attached hydrogens (primary N) is 1. The Morgan fingerprint density at radius 3 is 2.90 bits per heavy atom. The third kappa shape index (κ3) is 2.72. The second kappa shape index (κ2) is 5.94. The summed E-state index contributed by atoms with van der Waals surface area (Å²) in [5.74, 6) is 1.16. The summed E-state index contributed by atoms with van der Waals surface area (Å²) < 4.78 is 8.02. The molecule has 4 nitrogen and oxygen atoms in total. The van der Waals surface area contributed by atoms with Crippen molar-refractivity contribution < 1.29 is 4.74 Å². The molecule has 1 aromatic heterocycles. The predicted molar refractivity (Wildman–Crippen MR) is 80.7 cm³/mol. The highest BCUT2D eigenvalue weighted by atomic mass is 16.5. The van der Waals surface area contributed by atoms with E-state index >= 15 is 0 Å². The minimum atomic E-state index is 0.571. The first-order chi connectivity index (χ1) is 9.83. The van der Waals surface area contributed by atoms with Crippen LogP contribution in [0.25, 0.3) is 11.0 Å². The molecular formula is C16H23N3O. The van der Waals surface area contributed by atoms with Crippen molar-refractivity contribution in [2.75, 3.05) is 13.2 Å². The van der Waals surface area contributed by atoms with Crippen molar-refractivity contribution in [1.82, 2.24) is 9.55 Å². The minimum absolute atomic E-state index is 0.571. The molecule has 1 aliphatic rings. The number of rotatable bonds is 7. The van der Waals surface area contributed by atoms with E-state index in [2.05, 4.69) is 29.7 Å². The largest absolute Gasteiger partial charge is 0.381 e. The number of benzene rings is 1. The highest BCUT2D eigenvalue weighted by Gasteiger charge is 2.27. The summed E-state index contributed by atoms with van der Waals surface area (Å²) in [4.78, 5) is 4.81. The van der Waals surface area contributed by atoms with Gasteiger partial charge in [0, 0.05) is 25.6 Å². The van der Waals surface area contributed by atoms with Crippen LogP contribution in [0.3, 0.4) is 0 Å². The van der Waals surface area contributed by atoms with Gasteiger partial charge in [-0.05, 0) is 37.0 Å². The van der Waals surface area contributed by atoms with E-state index in [4.69, 9.17) is 15.5 Å². The molecule has 4 heteroatoms. The maximum absolute atomic E-state index is 5.72. The number of nitrogens with zero attached hydrogens (tertiary/aromatic N) is 2. The van der Waals surface area contributed by atoms with Crippen molar-refractivity contribution in [1.29, 1.82) is 0 Å². The van der Waals surface area contributed by atoms with Gasteiger partial charge < -0.3 is 15.0 Å². The lowest BCUT2D eigenvalue weighted by atomic mass is 10.2. The lowest BCUT2D eigenvalue weighted by Gasteiger charge is -2.08. The van der Waals surface area contributed by atoms with Gasteiger partial charge in [-0.2, -0.15) is 0 Å². The van der Waals surface area contributed by atoms with Crippen molar-refractivity contribution >= 4 is 11.0 Å². The molecule has 0 unspecified atom stereocenters. The first-order valence-corrected chi connectivity index (χ1v) is 7.61. The zero-order valence-electron chi connectivity index (χ0n) is 12.1. The van der Waals surface area contributed by atoms with E-state index < -0.39 is 0 Å². The highest BCUT2D eigenvalue weighted by Crippen LogP contribution is 2.38. The standard InChI is InChI=1S/C16H23N3O/c1-2-8-20-9-7-16-18-14-10-12(11-17)3-6-15(14)19(16)13-4-5-13/h3,6,10,13H,2,4-5,7-9,11,17H2,1H3. The minimum Gasteiger partial charge on any atom is -0.381 e. The fourth-order valence-electron chi connectivity index (χ4n) is 2.65. The zero-order chi connectivity index (χ0) is 13.9. The summed E-state index contributed by atoms with van der Waals surface area (Å²) >= 11 is 0. The normalized spacial score (nSPS) is 15.1. The van der Waals surface area contributed by atoms with Gasteiger partial charge in [0.25, 0.3) is 0 Å². The summed E-state index contributed by atoms with van der Waals surface area (Å²) in [6.07, 6.45) is 4.50. The van der Waals surface area contributed by atoms with Crippen LogP contribution in [0.4, 0.5) is 0 Å². The molecule has 1 aliphatic carbocycles. The van der Waals surface area contributed by atoms with Crippen LogP contribution in [0.15, 0.2) is 18.2 Å². The monoisotopic (exact) mass is 273 g/mol. The van der Waals surface area contributed by atoms with Crippen molar-refractivity contribution in [2.45, 2.75) is 45.2 Å². The molecule has 0 radical (unpaired) electrons. The number of imidazole rings is 1. The molecule has 0 bridgehead atoms. The molecule has 0 aliphatic heterocycles. The molecule has 0 spiro atoms. The molecule has 2 N–H and O–H groups in total. The Morgan fingerprint density at radius 1 is 1.35 bits per heavy atom. The molecule has 0 amide bonds. The molecule has 1 aromatic carbocycles. The average molecular weight is 273 g/mol. The van der Waals surface area contributed by atoms with Crippen molar-refractivity contribution in [2.24, 2.45) is 5.73 Å². The Morgan fingerprint density at radius 2 is 2.20 bits per heavy atom. The quantitative estimate of drug-likeness (QED) is 0.789. The van der Waals surface area contributed by atoms with Gasteiger partial charge in [-0.15, -0.1) is 0 Å². The van der Waals surface area contributed by atoms with Gasteiger partial charge in [0.05, 0.1) is 17.6 Å². The average Bonchev–Trinajstić information content (AvgIpc) is 3.24. The summed E-state index contributed by atoms with van der Waals surface area (Å²) in [5, 5.41) is 0. The molecule has 3 rings (SSSR count). The second-order valence-corrected chi connectivity index (χ2v) is 5.52. The molecule has 0 saturated heterocycles. The molecule has 2 aromatic rings. The van der Waals surface area contributed by atoms with Gasteiger partial charge in [0.1, 0.15) is 5.82 Å². The van der Waals surface area contributed by atoms with Gasteiger partial charge in [-0.3, -0.25) is 0 Å².